The van der Waals surface area contributed by atoms with Crippen LogP contribution in [-0.2, 0) is 11.2 Å². The van der Waals surface area contributed by atoms with Gasteiger partial charge < -0.3 is 4.74 Å². The third kappa shape index (κ3) is 2.58. The van der Waals surface area contributed by atoms with Gasteiger partial charge in [-0.05, 0) is 24.1 Å². The van der Waals surface area contributed by atoms with Crippen molar-refractivity contribution in [3.05, 3.63) is 34.3 Å². The summed E-state index contributed by atoms with van der Waals surface area (Å²) in [6.07, 6.45) is 1.92. The van der Waals surface area contributed by atoms with Crippen LogP contribution in [0.2, 0.25) is 0 Å². The van der Waals surface area contributed by atoms with E-state index in [1.165, 1.54) is 5.56 Å². The van der Waals surface area contributed by atoms with Gasteiger partial charge in [0.1, 0.15) is 6.61 Å². The van der Waals surface area contributed by atoms with Crippen LogP contribution >= 0.6 is 15.9 Å². The van der Waals surface area contributed by atoms with Crippen LogP contribution in [0.1, 0.15) is 12.0 Å². The van der Waals surface area contributed by atoms with Crippen molar-refractivity contribution in [2.24, 2.45) is 4.99 Å². The van der Waals surface area contributed by atoms with E-state index >= 15 is 0 Å². The Hall–Kier alpha value is -0.830. The number of aliphatic imine (C=N–C) groups is 1. The predicted molar refractivity (Wildman–Crippen MR) is 60.7 cm³/mol. The van der Waals surface area contributed by atoms with Crippen molar-refractivity contribution < 1.29 is 4.74 Å². The fourth-order valence-electron chi connectivity index (χ4n) is 1.43. The number of ether oxygens (including phenoxy) is 1. The Kier molecular flexibility index (Phi) is 3.19. The first-order chi connectivity index (χ1) is 6.84. The quantitative estimate of drug-likeness (QED) is 0.812. The van der Waals surface area contributed by atoms with Gasteiger partial charge in [0.15, 0.2) is 5.90 Å². The number of hydrogen-bond donors (Lipinski definition) is 0. The normalized spacial score (nSPS) is 15.1. The van der Waals surface area contributed by atoms with E-state index in [1.807, 2.05) is 0 Å². The van der Waals surface area contributed by atoms with Crippen molar-refractivity contribution in [3.63, 3.8) is 0 Å². The lowest BCUT2D eigenvalue weighted by atomic mass is 10.1. The third-order valence-corrected chi connectivity index (χ3v) is 2.72. The summed E-state index contributed by atoms with van der Waals surface area (Å²) >= 11 is 3.41. The fraction of sp³-hybridized carbons (Fsp3) is 0.364. The van der Waals surface area contributed by atoms with E-state index in [2.05, 4.69) is 45.2 Å². The zero-order valence-corrected chi connectivity index (χ0v) is 9.46. The van der Waals surface area contributed by atoms with Gasteiger partial charge in [-0.3, -0.25) is 4.99 Å². The maximum atomic E-state index is 5.34. The first-order valence-corrected chi connectivity index (χ1v) is 5.54. The highest BCUT2D eigenvalue weighted by Crippen LogP contribution is 2.12. The Balaban J connectivity index is 1.88. The number of halogens is 1. The Bertz CT molecular complexity index is 332. The molecule has 1 aliphatic heterocycles. The molecule has 2 nitrogen and oxygen atoms in total. The molecule has 2 rings (SSSR count). The summed E-state index contributed by atoms with van der Waals surface area (Å²) in [6.45, 7) is 1.59. The molecule has 0 atom stereocenters. The van der Waals surface area contributed by atoms with Gasteiger partial charge in [0.25, 0.3) is 0 Å². The molecular formula is C11H12BrNO. The fourth-order valence-corrected chi connectivity index (χ4v) is 1.70. The van der Waals surface area contributed by atoms with Crippen molar-refractivity contribution in [2.75, 3.05) is 13.2 Å². The Morgan fingerprint density at radius 2 is 2.00 bits per heavy atom. The summed E-state index contributed by atoms with van der Waals surface area (Å²) in [7, 11) is 0. The summed E-state index contributed by atoms with van der Waals surface area (Å²) in [4.78, 5) is 4.25. The van der Waals surface area contributed by atoms with Crippen LogP contribution in [-0.4, -0.2) is 19.0 Å². The molecule has 0 radical (unpaired) electrons. The van der Waals surface area contributed by atoms with E-state index in [-0.39, 0.29) is 0 Å². The average molecular weight is 254 g/mol. The molecule has 0 saturated carbocycles. The highest BCUT2D eigenvalue weighted by Gasteiger charge is 2.06. The summed E-state index contributed by atoms with van der Waals surface area (Å²) in [6, 6.07) is 8.37. The largest absolute Gasteiger partial charge is 0.479 e. The van der Waals surface area contributed by atoms with Crippen LogP contribution in [0.25, 0.3) is 0 Å². The van der Waals surface area contributed by atoms with Crippen LogP contribution in [0.15, 0.2) is 33.7 Å². The maximum Gasteiger partial charge on any atom is 0.183 e. The first-order valence-electron chi connectivity index (χ1n) is 4.75. The molecule has 0 aliphatic carbocycles. The van der Waals surface area contributed by atoms with Gasteiger partial charge >= 0.3 is 0 Å². The smallest absolute Gasteiger partial charge is 0.183 e. The van der Waals surface area contributed by atoms with Gasteiger partial charge in [-0.25, -0.2) is 0 Å². The third-order valence-electron chi connectivity index (χ3n) is 2.19. The van der Waals surface area contributed by atoms with Gasteiger partial charge in [0, 0.05) is 10.9 Å². The van der Waals surface area contributed by atoms with E-state index in [0.717, 1.165) is 36.4 Å². The van der Waals surface area contributed by atoms with Crippen LogP contribution in [0.3, 0.4) is 0 Å². The molecule has 1 aliphatic rings. The highest BCUT2D eigenvalue weighted by atomic mass is 79.9. The minimum Gasteiger partial charge on any atom is -0.479 e. The van der Waals surface area contributed by atoms with E-state index in [0.29, 0.717) is 0 Å². The number of aryl methyl sites for hydroxylation is 1. The topological polar surface area (TPSA) is 21.6 Å². The van der Waals surface area contributed by atoms with Crippen molar-refractivity contribution in [1.29, 1.82) is 0 Å². The molecule has 0 unspecified atom stereocenters. The van der Waals surface area contributed by atoms with E-state index in [9.17, 15) is 0 Å². The van der Waals surface area contributed by atoms with Crippen molar-refractivity contribution >= 4 is 21.8 Å². The van der Waals surface area contributed by atoms with Crippen molar-refractivity contribution in [3.8, 4) is 0 Å². The van der Waals surface area contributed by atoms with Gasteiger partial charge in [0.05, 0.1) is 6.54 Å². The second-order valence-electron chi connectivity index (χ2n) is 3.25. The second kappa shape index (κ2) is 4.60. The summed E-state index contributed by atoms with van der Waals surface area (Å²) in [5.74, 6) is 0.910. The minimum absolute atomic E-state index is 0.760. The van der Waals surface area contributed by atoms with Gasteiger partial charge in [-0.2, -0.15) is 0 Å². The maximum absolute atomic E-state index is 5.34. The van der Waals surface area contributed by atoms with Crippen molar-refractivity contribution in [1.82, 2.24) is 0 Å². The molecular weight excluding hydrogens is 242 g/mol. The second-order valence-corrected chi connectivity index (χ2v) is 4.17. The Morgan fingerprint density at radius 3 is 2.64 bits per heavy atom. The molecule has 1 aromatic rings. The monoisotopic (exact) mass is 253 g/mol. The molecule has 74 valence electrons. The molecule has 0 spiro atoms. The molecule has 0 saturated heterocycles. The lowest BCUT2D eigenvalue weighted by molar-refractivity contribution is 0.338. The number of nitrogens with zero attached hydrogens (tertiary/aromatic N) is 1. The molecule has 1 aromatic carbocycles. The zero-order valence-electron chi connectivity index (χ0n) is 7.87. The predicted octanol–water partition coefficient (Wildman–Crippen LogP) is 2.81. The van der Waals surface area contributed by atoms with Crippen LogP contribution < -0.4 is 0 Å². The number of hydrogen-bond acceptors (Lipinski definition) is 2. The molecule has 3 heteroatoms. The van der Waals surface area contributed by atoms with Gasteiger partial charge in [-0.15, -0.1) is 0 Å². The summed E-state index contributed by atoms with van der Waals surface area (Å²) in [5, 5.41) is 0. The molecule has 0 fully saturated rings. The number of rotatable bonds is 3. The molecule has 0 aromatic heterocycles. The molecule has 0 N–H and O–H groups in total. The molecule has 0 amide bonds. The zero-order chi connectivity index (χ0) is 9.80. The van der Waals surface area contributed by atoms with E-state index in [4.69, 9.17) is 4.74 Å². The van der Waals surface area contributed by atoms with Crippen LogP contribution in [0.5, 0.6) is 0 Å². The SMILES string of the molecule is Brc1ccc(CCC2=NCCO2)cc1. The number of benzene rings is 1. The van der Waals surface area contributed by atoms with E-state index < -0.39 is 0 Å². The van der Waals surface area contributed by atoms with Crippen LogP contribution in [0.4, 0.5) is 0 Å². The summed E-state index contributed by atoms with van der Waals surface area (Å²) < 4.78 is 6.46. The average Bonchev–Trinajstić information content (AvgIpc) is 2.70. The van der Waals surface area contributed by atoms with E-state index in [1.54, 1.807) is 0 Å². The van der Waals surface area contributed by atoms with Gasteiger partial charge in [-0.1, -0.05) is 28.1 Å². The molecule has 0 bridgehead atoms. The van der Waals surface area contributed by atoms with Gasteiger partial charge in [0.2, 0.25) is 0 Å². The summed E-state index contributed by atoms with van der Waals surface area (Å²) in [5.41, 5.74) is 1.33. The lowest BCUT2D eigenvalue weighted by Crippen LogP contribution is -2.00. The highest BCUT2D eigenvalue weighted by molar-refractivity contribution is 9.10. The molecule has 14 heavy (non-hydrogen) atoms. The standard InChI is InChI=1S/C11H12BrNO/c12-10-4-1-9(2-5-10)3-6-11-13-7-8-14-11/h1-2,4-5H,3,6-8H2. The Labute approximate surface area is 92.1 Å². The van der Waals surface area contributed by atoms with Crippen LogP contribution in [0, 0.1) is 0 Å². The first kappa shape index (κ1) is 9.71. The molecule has 1 heterocycles. The lowest BCUT2D eigenvalue weighted by Gasteiger charge is -2.02. The minimum atomic E-state index is 0.760. The Morgan fingerprint density at radius 1 is 1.21 bits per heavy atom. The van der Waals surface area contributed by atoms with Crippen molar-refractivity contribution in [2.45, 2.75) is 12.8 Å².